The fraction of sp³-hybridized carbons (Fsp3) is 0.318. The highest BCUT2D eigenvalue weighted by molar-refractivity contribution is 6.30. The number of nitriles is 1. The Bertz CT molecular complexity index is 1040. The van der Waals surface area contributed by atoms with Gasteiger partial charge in [-0.2, -0.15) is 5.26 Å². The number of anilines is 2. The van der Waals surface area contributed by atoms with Crippen LogP contribution in [0.4, 0.5) is 16.2 Å². The molecule has 0 bridgehead atoms. The summed E-state index contributed by atoms with van der Waals surface area (Å²) in [6, 6.07) is 11.4. The SMILES string of the molecule is CC(c1cc(Cl)ccc1C#N)N1C(=O)COc2cc(NC(=O)NC(C)(C)C)ccc21. The van der Waals surface area contributed by atoms with E-state index < -0.39 is 6.04 Å². The Morgan fingerprint density at radius 3 is 2.67 bits per heavy atom. The summed E-state index contributed by atoms with van der Waals surface area (Å²) in [5.41, 5.74) is 1.83. The monoisotopic (exact) mass is 426 g/mol. The van der Waals surface area contributed by atoms with Crippen LogP contribution in [-0.2, 0) is 4.79 Å². The third-order valence-corrected chi connectivity index (χ3v) is 4.79. The van der Waals surface area contributed by atoms with Crippen LogP contribution in [0.2, 0.25) is 5.02 Å². The van der Waals surface area contributed by atoms with Crippen LogP contribution >= 0.6 is 11.6 Å². The van der Waals surface area contributed by atoms with Gasteiger partial charge in [0, 0.05) is 22.3 Å². The predicted octanol–water partition coefficient (Wildman–Crippen LogP) is 4.62. The second-order valence-corrected chi connectivity index (χ2v) is 8.52. The fourth-order valence-corrected chi connectivity index (χ4v) is 3.48. The highest BCUT2D eigenvalue weighted by Gasteiger charge is 2.31. The zero-order chi connectivity index (χ0) is 22.1. The molecule has 7 nitrogen and oxygen atoms in total. The third-order valence-electron chi connectivity index (χ3n) is 4.56. The summed E-state index contributed by atoms with van der Waals surface area (Å²) in [6.07, 6.45) is 0. The molecule has 8 heteroatoms. The van der Waals surface area contributed by atoms with E-state index in [1.54, 1.807) is 41.3 Å². The van der Waals surface area contributed by atoms with Gasteiger partial charge in [-0.25, -0.2) is 4.79 Å². The van der Waals surface area contributed by atoms with Crippen LogP contribution in [0.5, 0.6) is 5.75 Å². The molecule has 3 amide bonds. The highest BCUT2D eigenvalue weighted by atomic mass is 35.5. The van der Waals surface area contributed by atoms with Gasteiger partial charge in [-0.3, -0.25) is 9.69 Å². The van der Waals surface area contributed by atoms with Crippen LogP contribution < -0.4 is 20.3 Å². The van der Waals surface area contributed by atoms with E-state index >= 15 is 0 Å². The van der Waals surface area contributed by atoms with E-state index in [1.165, 1.54) is 0 Å². The standard InChI is InChI=1S/C22H23ClN4O3/c1-13(17-9-15(23)6-5-14(17)11-24)27-18-8-7-16(10-19(18)30-12-20(27)28)25-21(29)26-22(2,3)4/h5-10,13H,12H2,1-4H3,(H2,25,26,29). The predicted molar refractivity (Wildman–Crippen MR) is 116 cm³/mol. The molecule has 2 aromatic rings. The normalized spacial score (nSPS) is 14.3. The number of benzene rings is 2. The van der Waals surface area contributed by atoms with E-state index in [2.05, 4.69) is 16.7 Å². The number of urea groups is 1. The molecule has 0 saturated heterocycles. The van der Waals surface area contributed by atoms with Gasteiger partial charge in [0.15, 0.2) is 6.61 Å². The van der Waals surface area contributed by atoms with Gasteiger partial charge in [0.2, 0.25) is 0 Å². The average Bonchev–Trinajstić information content (AvgIpc) is 2.66. The first-order valence-electron chi connectivity index (χ1n) is 9.46. The molecule has 1 aliphatic heterocycles. The largest absolute Gasteiger partial charge is 0.481 e. The molecule has 0 fully saturated rings. The van der Waals surface area contributed by atoms with Crippen molar-refractivity contribution in [1.82, 2.24) is 5.32 Å². The highest BCUT2D eigenvalue weighted by Crippen LogP contribution is 2.40. The number of hydrogen-bond acceptors (Lipinski definition) is 4. The van der Waals surface area contributed by atoms with Gasteiger partial charge in [0.05, 0.1) is 23.4 Å². The Balaban J connectivity index is 1.92. The quantitative estimate of drug-likeness (QED) is 0.748. The molecule has 0 radical (unpaired) electrons. The van der Waals surface area contributed by atoms with Crippen molar-refractivity contribution in [3.63, 3.8) is 0 Å². The first kappa shape index (κ1) is 21.5. The molecule has 2 aromatic carbocycles. The molecule has 2 N–H and O–H groups in total. The zero-order valence-electron chi connectivity index (χ0n) is 17.2. The van der Waals surface area contributed by atoms with Crippen molar-refractivity contribution in [3.8, 4) is 11.8 Å². The Labute approximate surface area is 180 Å². The van der Waals surface area contributed by atoms with Crippen LogP contribution in [0.15, 0.2) is 36.4 Å². The molecule has 1 unspecified atom stereocenters. The Kier molecular flexibility index (Phi) is 5.90. The fourth-order valence-electron chi connectivity index (χ4n) is 3.30. The van der Waals surface area contributed by atoms with Gasteiger partial charge >= 0.3 is 6.03 Å². The lowest BCUT2D eigenvalue weighted by atomic mass is 9.99. The summed E-state index contributed by atoms with van der Waals surface area (Å²) >= 11 is 6.12. The van der Waals surface area contributed by atoms with Gasteiger partial charge < -0.3 is 15.4 Å². The molecule has 1 atom stereocenters. The van der Waals surface area contributed by atoms with Gasteiger partial charge in [-0.1, -0.05) is 11.6 Å². The van der Waals surface area contributed by atoms with Gasteiger partial charge in [-0.05, 0) is 63.6 Å². The maximum Gasteiger partial charge on any atom is 0.319 e. The molecule has 0 aromatic heterocycles. The number of carbonyl (C=O) groups excluding carboxylic acids is 2. The maximum atomic E-state index is 12.7. The second-order valence-electron chi connectivity index (χ2n) is 8.08. The topological polar surface area (TPSA) is 94.5 Å². The summed E-state index contributed by atoms with van der Waals surface area (Å²) in [4.78, 5) is 26.4. The number of nitrogens with one attached hydrogen (secondary N) is 2. The van der Waals surface area contributed by atoms with E-state index in [9.17, 15) is 14.9 Å². The average molecular weight is 427 g/mol. The summed E-state index contributed by atoms with van der Waals surface area (Å²) in [5, 5.41) is 15.5. The van der Waals surface area contributed by atoms with E-state index in [0.29, 0.717) is 33.3 Å². The van der Waals surface area contributed by atoms with E-state index in [-0.39, 0.29) is 24.1 Å². The van der Waals surface area contributed by atoms with Crippen LogP contribution in [-0.4, -0.2) is 24.1 Å². The number of carbonyl (C=O) groups is 2. The van der Waals surface area contributed by atoms with Crippen molar-refractivity contribution in [3.05, 3.63) is 52.5 Å². The molecule has 1 aliphatic rings. The lowest BCUT2D eigenvalue weighted by Gasteiger charge is -2.35. The van der Waals surface area contributed by atoms with Gasteiger partial charge in [-0.15, -0.1) is 0 Å². The number of amides is 3. The number of hydrogen-bond donors (Lipinski definition) is 2. The van der Waals surface area contributed by atoms with Crippen molar-refractivity contribution >= 4 is 34.9 Å². The van der Waals surface area contributed by atoms with E-state index in [0.717, 1.165) is 0 Å². The maximum absolute atomic E-state index is 12.7. The second kappa shape index (κ2) is 8.25. The molecule has 0 spiro atoms. The molecule has 1 heterocycles. The smallest absolute Gasteiger partial charge is 0.319 e. The van der Waals surface area contributed by atoms with Crippen LogP contribution in [0.1, 0.15) is 44.9 Å². The Morgan fingerprint density at radius 2 is 2.00 bits per heavy atom. The lowest BCUT2D eigenvalue weighted by molar-refractivity contribution is -0.121. The van der Waals surface area contributed by atoms with E-state index in [4.69, 9.17) is 16.3 Å². The molecular formula is C22H23ClN4O3. The number of fused-ring (bicyclic) bond motifs is 1. The van der Waals surface area contributed by atoms with E-state index in [1.807, 2.05) is 27.7 Å². The molecule has 3 rings (SSSR count). The first-order valence-corrected chi connectivity index (χ1v) is 9.84. The first-order chi connectivity index (χ1) is 14.1. The number of nitrogens with zero attached hydrogens (tertiary/aromatic N) is 2. The zero-order valence-corrected chi connectivity index (χ0v) is 18.0. The summed E-state index contributed by atoms with van der Waals surface area (Å²) < 4.78 is 5.60. The van der Waals surface area contributed by atoms with Crippen molar-refractivity contribution in [2.24, 2.45) is 0 Å². The minimum absolute atomic E-state index is 0.141. The van der Waals surface area contributed by atoms with Crippen molar-refractivity contribution in [2.45, 2.75) is 39.3 Å². The van der Waals surface area contributed by atoms with Crippen LogP contribution in [0, 0.1) is 11.3 Å². The number of halogens is 1. The van der Waals surface area contributed by atoms with Crippen LogP contribution in [0.25, 0.3) is 0 Å². The molecular weight excluding hydrogens is 404 g/mol. The van der Waals surface area contributed by atoms with Crippen molar-refractivity contribution < 1.29 is 14.3 Å². The van der Waals surface area contributed by atoms with Gasteiger partial charge in [0.1, 0.15) is 5.75 Å². The number of rotatable bonds is 3. The summed E-state index contributed by atoms with van der Waals surface area (Å²) in [7, 11) is 0. The molecule has 156 valence electrons. The third kappa shape index (κ3) is 4.66. The van der Waals surface area contributed by atoms with Crippen LogP contribution in [0.3, 0.4) is 0 Å². The Hall–Kier alpha value is -3.24. The minimum atomic E-state index is -0.434. The minimum Gasteiger partial charge on any atom is -0.481 e. The lowest BCUT2D eigenvalue weighted by Crippen LogP contribution is -2.43. The Morgan fingerprint density at radius 1 is 1.27 bits per heavy atom. The molecule has 0 aliphatic carbocycles. The van der Waals surface area contributed by atoms with Crippen molar-refractivity contribution in [2.75, 3.05) is 16.8 Å². The van der Waals surface area contributed by atoms with Crippen molar-refractivity contribution in [1.29, 1.82) is 5.26 Å². The summed E-state index contributed by atoms with van der Waals surface area (Å²) in [5.74, 6) is 0.237. The molecule has 30 heavy (non-hydrogen) atoms. The van der Waals surface area contributed by atoms with Gasteiger partial charge in [0.25, 0.3) is 5.91 Å². The number of ether oxygens (including phenoxy) is 1. The summed E-state index contributed by atoms with van der Waals surface area (Å²) in [6.45, 7) is 7.36. The molecule has 0 saturated carbocycles.